The lowest BCUT2D eigenvalue weighted by molar-refractivity contribution is 0.102. The number of pyridine rings is 1. The largest absolute Gasteiger partial charge is 0.455 e. The molecule has 1 amide bonds. The molecule has 196 valence electrons. The van der Waals surface area contributed by atoms with E-state index in [9.17, 15) is 4.79 Å². The molecule has 4 aromatic rings. The molecule has 1 aliphatic heterocycles. The van der Waals surface area contributed by atoms with Crippen molar-refractivity contribution in [3.63, 3.8) is 0 Å². The number of aromatic nitrogens is 3. The van der Waals surface area contributed by atoms with Gasteiger partial charge >= 0.3 is 0 Å². The Morgan fingerprint density at radius 2 is 1.95 bits per heavy atom. The van der Waals surface area contributed by atoms with Crippen molar-refractivity contribution in [1.29, 1.82) is 0 Å². The number of imidazole rings is 1. The predicted octanol–water partition coefficient (Wildman–Crippen LogP) is 5.16. The van der Waals surface area contributed by atoms with Crippen molar-refractivity contribution in [1.82, 2.24) is 19.4 Å². The van der Waals surface area contributed by atoms with Crippen molar-refractivity contribution in [2.45, 2.75) is 46.2 Å². The van der Waals surface area contributed by atoms with E-state index < -0.39 is 0 Å². The summed E-state index contributed by atoms with van der Waals surface area (Å²) in [7, 11) is 0. The van der Waals surface area contributed by atoms with Crippen LogP contribution in [0.3, 0.4) is 0 Å². The average molecular weight is 511 g/mol. The summed E-state index contributed by atoms with van der Waals surface area (Å²) in [5.74, 6) is 1.04. The molecule has 8 heteroatoms. The first kappa shape index (κ1) is 25.6. The van der Waals surface area contributed by atoms with Crippen molar-refractivity contribution in [3.05, 3.63) is 95.3 Å². The number of ether oxygens (including phenoxy) is 1. The Kier molecular flexibility index (Phi) is 7.53. The summed E-state index contributed by atoms with van der Waals surface area (Å²) >= 11 is 0. The highest BCUT2D eigenvalue weighted by molar-refractivity contribution is 6.04. The number of hydrogen-bond acceptors (Lipinski definition) is 6. The van der Waals surface area contributed by atoms with Gasteiger partial charge in [-0.1, -0.05) is 6.07 Å². The predicted molar refractivity (Wildman–Crippen MR) is 149 cm³/mol. The second-order valence-corrected chi connectivity index (χ2v) is 10.1. The van der Waals surface area contributed by atoms with E-state index in [1.165, 1.54) is 0 Å². The summed E-state index contributed by atoms with van der Waals surface area (Å²) in [6.45, 7) is 8.50. The van der Waals surface area contributed by atoms with Crippen LogP contribution < -0.4 is 15.8 Å². The number of nitrogens with two attached hydrogens (primary N) is 1. The monoisotopic (exact) mass is 510 g/mol. The molecule has 1 atom stereocenters. The molecular formula is C30H34N6O2. The fourth-order valence-electron chi connectivity index (χ4n) is 4.74. The number of carbonyl (C=O) groups excluding carboxylic acids is 1. The third-order valence-electron chi connectivity index (χ3n) is 6.76. The van der Waals surface area contributed by atoms with Crippen LogP contribution >= 0.6 is 0 Å². The molecule has 3 heterocycles. The van der Waals surface area contributed by atoms with Gasteiger partial charge in [0.25, 0.3) is 5.91 Å². The van der Waals surface area contributed by atoms with Crippen molar-refractivity contribution < 1.29 is 9.53 Å². The first-order valence-corrected chi connectivity index (χ1v) is 13.0. The lowest BCUT2D eigenvalue weighted by atomic mass is 10.0. The van der Waals surface area contributed by atoms with Gasteiger partial charge in [0, 0.05) is 48.0 Å². The van der Waals surface area contributed by atoms with Gasteiger partial charge in [0.05, 0.1) is 18.2 Å². The number of aryl methyl sites for hydroxylation is 3. The Hall–Kier alpha value is -4.01. The van der Waals surface area contributed by atoms with Crippen LogP contribution in [-0.2, 0) is 6.54 Å². The maximum atomic E-state index is 13.3. The maximum Gasteiger partial charge on any atom is 0.255 e. The number of rotatable bonds is 7. The highest BCUT2D eigenvalue weighted by atomic mass is 16.5. The van der Waals surface area contributed by atoms with Gasteiger partial charge in [-0.2, -0.15) is 0 Å². The molecule has 1 unspecified atom stereocenters. The fourth-order valence-corrected chi connectivity index (χ4v) is 4.74. The second kappa shape index (κ2) is 11.2. The third kappa shape index (κ3) is 6.27. The van der Waals surface area contributed by atoms with Gasteiger partial charge in [-0.15, -0.1) is 0 Å². The number of piperidine rings is 1. The normalized spacial score (nSPS) is 15.8. The molecule has 1 aliphatic rings. The van der Waals surface area contributed by atoms with Crippen LogP contribution in [0.25, 0.3) is 5.69 Å². The zero-order valence-electron chi connectivity index (χ0n) is 22.1. The number of nitrogens with zero attached hydrogens (tertiary/aromatic N) is 4. The molecule has 0 spiro atoms. The van der Waals surface area contributed by atoms with E-state index in [4.69, 9.17) is 10.5 Å². The summed E-state index contributed by atoms with van der Waals surface area (Å²) in [4.78, 5) is 24.4. The van der Waals surface area contributed by atoms with Crippen molar-refractivity contribution >= 4 is 11.6 Å². The molecule has 0 bridgehead atoms. The molecule has 38 heavy (non-hydrogen) atoms. The van der Waals surface area contributed by atoms with Crippen molar-refractivity contribution in [3.8, 4) is 17.2 Å². The van der Waals surface area contributed by atoms with Crippen LogP contribution in [0.2, 0.25) is 0 Å². The van der Waals surface area contributed by atoms with Crippen molar-refractivity contribution in [2.75, 3.05) is 18.4 Å². The number of hydrogen-bond donors (Lipinski definition) is 2. The molecule has 2 aromatic carbocycles. The molecular weight excluding hydrogens is 476 g/mol. The molecule has 5 rings (SSSR count). The van der Waals surface area contributed by atoms with Gasteiger partial charge in [0.2, 0.25) is 0 Å². The zero-order valence-corrected chi connectivity index (χ0v) is 22.1. The Bertz CT molecular complexity index is 1430. The van der Waals surface area contributed by atoms with E-state index in [1.807, 2.05) is 67.9 Å². The second-order valence-electron chi connectivity index (χ2n) is 10.1. The molecule has 0 aliphatic carbocycles. The van der Waals surface area contributed by atoms with Gasteiger partial charge in [-0.05, 0) is 93.7 Å². The van der Waals surface area contributed by atoms with E-state index in [0.717, 1.165) is 66.4 Å². The Morgan fingerprint density at radius 1 is 1.08 bits per heavy atom. The lowest BCUT2D eigenvalue weighted by Crippen LogP contribution is -2.42. The van der Waals surface area contributed by atoms with Gasteiger partial charge in [0.1, 0.15) is 11.5 Å². The van der Waals surface area contributed by atoms with Crippen LogP contribution in [0.5, 0.6) is 11.5 Å². The first-order valence-electron chi connectivity index (χ1n) is 13.0. The minimum Gasteiger partial charge on any atom is -0.455 e. The number of amides is 1. The highest BCUT2D eigenvalue weighted by Gasteiger charge is 2.18. The van der Waals surface area contributed by atoms with Crippen LogP contribution in [0.1, 0.15) is 45.7 Å². The highest BCUT2D eigenvalue weighted by Crippen LogP contribution is 2.27. The number of carbonyl (C=O) groups is 1. The first-order chi connectivity index (χ1) is 18.3. The minimum absolute atomic E-state index is 0.205. The van der Waals surface area contributed by atoms with Gasteiger partial charge in [-0.3, -0.25) is 14.7 Å². The van der Waals surface area contributed by atoms with Gasteiger partial charge in [-0.25, -0.2) is 4.98 Å². The van der Waals surface area contributed by atoms with Crippen LogP contribution in [0, 0.1) is 20.8 Å². The van der Waals surface area contributed by atoms with Crippen LogP contribution in [0.4, 0.5) is 5.69 Å². The number of benzene rings is 2. The van der Waals surface area contributed by atoms with Crippen LogP contribution in [0.15, 0.2) is 67.3 Å². The topological polar surface area (TPSA) is 98.3 Å². The average Bonchev–Trinajstić information content (AvgIpc) is 3.33. The molecule has 8 nitrogen and oxygen atoms in total. The smallest absolute Gasteiger partial charge is 0.255 e. The zero-order chi connectivity index (χ0) is 26.6. The number of anilines is 1. The fraction of sp³-hybridized carbons (Fsp3) is 0.300. The Balaban J connectivity index is 1.39. The SMILES string of the molecule is Cc1ccc(Oc2cc(C(=O)Nc3cc(CN4CCCC(N)C4)cc(-n4cnc(C)c4)c3)ccc2C)cn1. The summed E-state index contributed by atoms with van der Waals surface area (Å²) < 4.78 is 8.00. The van der Waals surface area contributed by atoms with Crippen LogP contribution in [-0.4, -0.2) is 44.5 Å². The standard InChI is InChI=1S/C30H34N6O2/c1-20-6-8-24(13-29(20)38-28-9-7-21(2)32-15-28)30(37)34-26-11-23(17-35-10-4-5-25(31)18-35)12-27(14-26)36-16-22(3)33-19-36/h6-9,11-16,19,25H,4-5,10,17-18,31H2,1-3H3,(H,34,37). The van der Waals surface area contributed by atoms with Gasteiger partial charge < -0.3 is 20.4 Å². The van der Waals surface area contributed by atoms with E-state index >= 15 is 0 Å². The molecule has 1 saturated heterocycles. The van der Waals surface area contributed by atoms with E-state index in [2.05, 4.69) is 26.3 Å². The van der Waals surface area contributed by atoms with Gasteiger partial charge in [0.15, 0.2) is 0 Å². The van der Waals surface area contributed by atoms with Crippen molar-refractivity contribution in [2.24, 2.45) is 5.73 Å². The quantitative estimate of drug-likeness (QED) is 0.356. The summed E-state index contributed by atoms with van der Waals surface area (Å²) in [6.07, 6.45) is 7.61. The summed E-state index contributed by atoms with van der Waals surface area (Å²) in [5, 5.41) is 3.10. The molecule has 1 fully saturated rings. The van der Waals surface area contributed by atoms with E-state index in [-0.39, 0.29) is 11.9 Å². The molecule has 2 aromatic heterocycles. The lowest BCUT2D eigenvalue weighted by Gasteiger charge is -2.30. The molecule has 0 radical (unpaired) electrons. The Morgan fingerprint density at radius 3 is 2.68 bits per heavy atom. The summed E-state index contributed by atoms with van der Waals surface area (Å²) in [6, 6.07) is 15.6. The Labute approximate surface area is 223 Å². The molecule has 0 saturated carbocycles. The third-order valence-corrected chi connectivity index (χ3v) is 6.76. The number of likely N-dealkylation sites (tertiary alicyclic amines) is 1. The van der Waals surface area contributed by atoms with E-state index in [0.29, 0.717) is 17.1 Å². The minimum atomic E-state index is -0.207. The van der Waals surface area contributed by atoms with E-state index in [1.54, 1.807) is 18.6 Å². The number of nitrogens with one attached hydrogen (secondary N) is 1. The molecule has 3 N–H and O–H groups in total. The maximum absolute atomic E-state index is 13.3. The summed E-state index contributed by atoms with van der Waals surface area (Å²) in [5.41, 5.74) is 12.3.